The Labute approximate surface area is 121 Å². The van der Waals surface area contributed by atoms with E-state index in [0.717, 1.165) is 10.9 Å². The molecule has 6 heteroatoms. The van der Waals surface area contributed by atoms with Crippen LogP contribution in [0.2, 0.25) is 0 Å². The van der Waals surface area contributed by atoms with Crippen LogP contribution in [0.15, 0.2) is 35.1 Å². The molecule has 1 aliphatic heterocycles. The van der Waals surface area contributed by atoms with Gasteiger partial charge >= 0.3 is 6.09 Å². The predicted molar refractivity (Wildman–Crippen MR) is 77.8 cm³/mol. The largest absolute Gasteiger partial charge is 0.497 e. The third kappa shape index (κ3) is 2.44. The summed E-state index contributed by atoms with van der Waals surface area (Å²) in [5.74, 6) is 0.873. The molecule has 1 amide bonds. The van der Waals surface area contributed by atoms with Crippen LogP contribution in [-0.2, 0) is 6.54 Å². The summed E-state index contributed by atoms with van der Waals surface area (Å²) in [5, 5.41) is 9.82. The zero-order chi connectivity index (χ0) is 15.0. The average molecular weight is 288 g/mol. The highest BCUT2D eigenvalue weighted by atomic mass is 16.5. The lowest BCUT2D eigenvalue weighted by molar-refractivity contribution is 0.0749. The fourth-order valence-electron chi connectivity index (χ4n) is 2.68. The van der Waals surface area contributed by atoms with Crippen molar-refractivity contribution in [1.29, 1.82) is 0 Å². The number of amides is 1. The molecule has 0 saturated carbocycles. The molecule has 110 valence electrons. The van der Waals surface area contributed by atoms with Gasteiger partial charge in [0.05, 0.1) is 12.6 Å². The number of rotatable bonds is 3. The van der Waals surface area contributed by atoms with Crippen molar-refractivity contribution < 1.29 is 14.6 Å². The summed E-state index contributed by atoms with van der Waals surface area (Å²) in [4.78, 5) is 24.2. The molecule has 0 bridgehead atoms. The molecule has 6 nitrogen and oxygen atoms in total. The lowest BCUT2D eigenvalue weighted by Gasteiger charge is -2.37. The van der Waals surface area contributed by atoms with Crippen molar-refractivity contribution in [3.8, 4) is 5.75 Å². The molecular weight excluding hydrogens is 272 g/mol. The van der Waals surface area contributed by atoms with Gasteiger partial charge < -0.3 is 19.3 Å². The highest BCUT2D eigenvalue weighted by Crippen LogP contribution is 2.22. The minimum Gasteiger partial charge on any atom is -0.497 e. The molecule has 1 aromatic carbocycles. The Balaban J connectivity index is 1.92. The first kappa shape index (κ1) is 13.5. The summed E-state index contributed by atoms with van der Waals surface area (Å²) in [6.07, 6.45) is -0.904. The molecule has 1 aromatic heterocycles. The van der Waals surface area contributed by atoms with Crippen molar-refractivity contribution >= 4 is 17.0 Å². The molecule has 2 heterocycles. The number of pyridine rings is 1. The van der Waals surface area contributed by atoms with Crippen molar-refractivity contribution in [2.75, 3.05) is 20.2 Å². The third-order valence-electron chi connectivity index (χ3n) is 3.87. The maximum absolute atomic E-state index is 12.1. The van der Waals surface area contributed by atoms with Crippen molar-refractivity contribution in [2.45, 2.75) is 6.54 Å². The number of fused-ring (bicyclic) bond motifs is 1. The van der Waals surface area contributed by atoms with Gasteiger partial charge in [0, 0.05) is 37.7 Å². The Bertz CT molecular complexity index is 747. The van der Waals surface area contributed by atoms with E-state index in [9.17, 15) is 9.59 Å². The van der Waals surface area contributed by atoms with Crippen molar-refractivity contribution in [3.63, 3.8) is 0 Å². The Morgan fingerprint density at radius 2 is 2.05 bits per heavy atom. The summed E-state index contributed by atoms with van der Waals surface area (Å²) in [7, 11) is 1.59. The number of benzene rings is 1. The van der Waals surface area contributed by atoms with Gasteiger partial charge in [-0.1, -0.05) is 0 Å². The van der Waals surface area contributed by atoms with Crippen LogP contribution < -0.4 is 10.3 Å². The van der Waals surface area contributed by atoms with Crippen LogP contribution in [-0.4, -0.2) is 40.9 Å². The molecule has 0 unspecified atom stereocenters. The second kappa shape index (κ2) is 5.12. The van der Waals surface area contributed by atoms with Crippen LogP contribution in [0.5, 0.6) is 5.75 Å². The number of ether oxygens (including phenoxy) is 1. The number of likely N-dealkylation sites (tertiary alicyclic amines) is 1. The summed E-state index contributed by atoms with van der Waals surface area (Å²) in [6.45, 7) is 1.47. The van der Waals surface area contributed by atoms with E-state index in [1.54, 1.807) is 23.8 Å². The standard InChI is InChI=1S/C15H16N2O4/c1-21-12-4-2-11-3-5-14(18)17(13(11)6-12)9-10-7-16(8-10)15(19)20/h2-6,10H,7-9H2,1H3,(H,19,20). The van der Waals surface area contributed by atoms with E-state index in [0.29, 0.717) is 25.4 Å². The van der Waals surface area contributed by atoms with E-state index in [1.165, 1.54) is 4.90 Å². The van der Waals surface area contributed by atoms with E-state index >= 15 is 0 Å². The number of aromatic nitrogens is 1. The first-order valence-corrected chi connectivity index (χ1v) is 6.74. The van der Waals surface area contributed by atoms with Crippen molar-refractivity contribution in [3.05, 3.63) is 40.7 Å². The van der Waals surface area contributed by atoms with Crippen LogP contribution in [0.4, 0.5) is 4.79 Å². The third-order valence-corrected chi connectivity index (χ3v) is 3.87. The molecule has 0 atom stereocenters. The van der Waals surface area contributed by atoms with Crippen LogP contribution in [0.1, 0.15) is 0 Å². The van der Waals surface area contributed by atoms with Crippen LogP contribution >= 0.6 is 0 Å². The van der Waals surface area contributed by atoms with Gasteiger partial charge in [-0.25, -0.2) is 4.79 Å². The Kier molecular flexibility index (Phi) is 3.29. The van der Waals surface area contributed by atoms with E-state index in [-0.39, 0.29) is 11.5 Å². The summed E-state index contributed by atoms with van der Waals surface area (Å²) in [5.41, 5.74) is 0.736. The van der Waals surface area contributed by atoms with Gasteiger partial charge in [0.15, 0.2) is 0 Å². The Morgan fingerprint density at radius 1 is 1.33 bits per heavy atom. The monoisotopic (exact) mass is 288 g/mol. The van der Waals surface area contributed by atoms with Gasteiger partial charge in [-0.2, -0.15) is 0 Å². The number of nitrogens with zero attached hydrogens (tertiary/aromatic N) is 2. The predicted octanol–water partition coefficient (Wildman–Crippen LogP) is 1.62. The van der Waals surface area contributed by atoms with Gasteiger partial charge in [-0.3, -0.25) is 4.79 Å². The summed E-state index contributed by atoms with van der Waals surface area (Å²) in [6, 6.07) is 8.94. The highest BCUT2D eigenvalue weighted by Gasteiger charge is 2.30. The topological polar surface area (TPSA) is 71.8 Å². The smallest absolute Gasteiger partial charge is 0.407 e. The molecular formula is C15H16N2O4. The fraction of sp³-hybridized carbons (Fsp3) is 0.333. The normalized spacial score (nSPS) is 15.0. The minimum atomic E-state index is -0.904. The second-order valence-electron chi connectivity index (χ2n) is 5.26. The van der Waals surface area contributed by atoms with Gasteiger partial charge in [0.1, 0.15) is 5.75 Å². The number of carbonyl (C=O) groups is 1. The molecule has 21 heavy (non-hydrogen) atoms. The first-order valence-electron chi connectivity index (χ1n) is 6.74. The van der Waals surface area contributed by atoms with Gasteiger partial charge in [-0.15, -0.1) is 0 Å². The van der Waals surface area contributed by atoms with Crippen LogP contribution in [0, 0.1) is 5.92 Å². The second-order valence-corrected chi connectivity index (χ2v) is 5.26. The maximum Gasteiger partial charge on any atom is 0.407 e. The fourth-order valence-corrected chi connectivity index (χ4v) is 2.68. The van der Waals surface area contributed by atoms with E-state index in [4.69, 9.17) is 9.84 Å². The van der Waals surface area contributed by atoms with Gasteiger partial charge in [-0.05, 0) is 23.6 Å². The van der Waals surface area contributed by atoms with E-state index in [2.05, 4.69) is 0 Å². The first-order chi connectivity index (χ1) is 10.1. The minimum absolute atomic E-state index is 0.0791. The molecule has 1 N–H and O–H groups in total. The quantitative estimate of drug-likeness (QED) is 0.931. The Morgan fingerprint density at radius 3 is 2.71 bits per heavy atom. The number of hydrogen-bond acceptors (Lipinski definition) is 3. The van der Waals surface area contributed by atoms with E-state index < -0.39 is 6.09 Å². The summed E-state index contributed by atoms with van der Waals surface area (Å²) >= 11 is 0. The van der Waals surface area contributed by atoms with Gasteiger partial charge in [0.25, 0.3) is 5.56 Å². The molecule has 0 spiro atoms. The van der Waals surface area contributed by atoms with Crippen molar-refractivity contribution in [2.24, 2.45) is 5.92 Å². The van der Waals surface area contributed by atoms with E-state index in [1.807, 2.05) is 18.2 Å². The molecule has 2 aromatic rings. The molecule has 3 rings (SSSR count). The SMILES string of the molecule is COc1ccc2ccc(=O)n(CC3CN(C(=O)O)C3)c2c1. The summed E-state index contributed by atoms with van der Waals surface area (Å²) < 4.78 is 6.91. The molecule has 0 aliphatic carbocycles. The maximum atomic E-state index is 12.1. The molecule has 1 saturated heterocycles. The average Bonchev–Trinajstić information content (AvgIpc) is 2.43. The van der Waals surface area contributed by atoms with Crippen molar-refractivity contribution in [1.82, 2.24) is 9.47 Å². The van der Waals surface area contributed by atoms with Crippen LogP contribution in [0.25, 0.3) is 10.9 Å². The number of methoxy groups -OCH3 is 1. The van der Waals surface area contributed by atoms with Crippen LogP contribution in [0.3, 0.4) is 0 Å². The zero-order valence-electron chi connectivity index (χ0n) is 11.7. The highest BCUT2D eigenvalue weighted by molar-refractivity contribution is 5.80. The zero-order valence-corrected chi connectivity index (χ0v) is 11.7. The lowest BCUT2D eigenvalue weighted by atomic mass is 10.0. The molecule has 0 radical (unpaired) electrons. The molecule has 1 fully saturated rings. The number of carboxylic acid groups (broad SMARTS) is 1. The number of hydrogen-bond donors (Lipinski definition) is 1. The Hall–Kier alpha value is -2.50. The molecule has 1 aliphatic rings. The van der Waals surface area contributed by atoms with Gasteiger partial charge in [0.2, 0.25) is 0 Å². The lowest BCUT2D eigenvalue weighted by Crippen LogP contribution is -2.51.